The predicted molar refractivity (Wildman–Crippen MR) is 76.8 cm³/mol. The van der Waals surface area contributed by atoms with Gasteiger partial charge < -0.3 is 4.74 Å². The van der Waals surface area contributed by atoms with Crippen LogP contribution in [0.25, 0.3) is 0 Å². The summed E-state index contributed by atoms with van der Waals surface area (Å²) in [6, 6.07) is 6.05. The Morgan fingerprint density at radius 3 is 2.59 bits per heavy atom. The van der Waals surface area contributed by atoms with Crippen molar-refractivity contribution in [2.75, 3.05) is 26.2 Å². The van der Waals surface area contributed by atoms with Crippen LogP contribution in [0, 0.1) is 5.92 Å². The second-order valence-corrected chi connectivity index (χ2v) is 7.58. The van der Waals surface area contributed by atoms with Gasteiger partial charge in [-0.3, -0.25) is 4.79 Å². The highest BCUT2D eigenvalue weighted by molar-refractivity contribution is 7.89. The van der Waals surface area contributed by atoms with E-state index in [-0.39, 0.29) is 43.0 Å². The topological polar surface area (TPSA) is 84.0 Å². The normalized spacial score (nSPS) is 20.1. The van der Waals surface area contributed by atoms with Crippen LogP contribution >= 0.6 is 11.6 Å². The molecule has 0 N–H and O–H groups in total. The lowest BCUT2D eigenvalue weighted by Crippen LogP contribution is -2.54. The quantitative estimate of drug-likeness (QED) is 0.811. The van der Waals surface area contributed by atoms with E-state index in [2.05, 4.69) is 4.74 Å². The molecule has 0 saturated carbocycles. The predicted octanol–water partition coefficient (Wildman–Crippen LogP) is 0.939. The molecular weight excluding hydrogens is 332 g/mol. The number of benzene rings is 1. The summed E-state index contributed by atoms with van der Waals surface area (Å²) in [5.74, 6) is -0.468. The van der Waals surface area contributed by atoms with E-state index < -0.39 is 16.1 Å². The molecule has 0 bridgehead atoms. The van der Waals surface area contributed by atoms with Gasteiger partial charge in [-0.1, -0.05) is 17.7 Å². The van der Waals surface area contributed by atoms with Crippen molar-refractivity contribution in [1.29, 1.82) is 0 Å². The molecule has 0 aliphatic carbocycles. The Bertz CT molecular complexity index is 714. The van der Waals surface area contributed by atoms with E-state index in [1.807, 2.05) is 0 Å². The standard InChI is InChI=1S/C13H13ClN2O5S/c14-10-2-1-3-11(4-10)22(19,20)15-5-9(6-15)7-16-12(17)8-21-13(16)18/h1-4,9H,5-8H2. The van der Waals surface area contributed by atoms with Crippen molar-refractivity contribution in [2.45, 2.75) is 4.90 Å². The molecule has 3 rings (SSSR count). The van der Waals surface area contributed by atoms with Crippen molar-refractivity contribution in [2.24, 2.45) is 5.92 Å². The summed E-state index contributed by atoms with van der Waals surface area (Å²) in [5.41, 5.74) is 0. The van der Waals surface area contributed by atoms with E-state index in [0.717, 1.165) is 4.90 Å². The molecule has 22 heavy (non-hydrogen) atoms. The first kappa shape index (κ1) is 15.3. The highest BCUT2D eigenvalue weighted by atomic mass is 35.5. The van der Waals surface area contributed by atoms with Gasteiger partial charge in [-0.15, -0.1) is 0 Å². The third-order valence-electron chi connectivity index (χ3n) is 3.64. The fraction of sp³-hybridized carbons (Fsp3) is 0.385. The minimum Gasteiger partial charge on any atom is -0.439 e. The van der Waals surface area contributed by atoms with Gasteiger partial charge in [-0.25, -0.2) is 18.1 Å². The zero-order chi connectivity index (χ0) is 15.9. The highest BCUT2D eigenvalue weighted by Gasteiger charge is 2.41. The molecule has 1 aromatic rings. The smallest absolute Gasteiger partial charge is 0.417 e. The monoisotopic (exact) mass is 344 g/mol. The summed E-state index contributed by atoms with van der Waals surface area (Å²) in [6.45, 7) is 0.452. The SMILES string of the molecule is O=C1COC(=O)N1CC1CN(S(=O)(=O)c2cccc(Cl)c2)C1. The van der Waals surface area contributed by atoms with Crippen LogP contribution in [-0.4, -0.2) is 55.9 Å². The van der Waals surface area contributed by atoms with Gasteiger partial charge in [-0.05, 0) is 18.2 Å². The Morgan fingerprint density at radius 1 is 1.27 bits per heavy atom. The minimum absolute atomic E-state index is 0.0800. The third-order valence-corrected chi connectivity index (χ3v) is 5.70. The van der Waals surface area contributed by atoms with Crippen molar-refractivity contribution in [3.63, 3.8) is 0 Å². The number of rotatable bonds is 4. The Kier molecular flexibility index (Phi) is 3.84. The van der Waals surface area contributed by atoms with Crippen molar-refractivity contribution >= 4 is 33.6 Å². The molecule has 2 aliphatic heterocycles. The second-order valence-electron chi connectivity index (χ2n) is 5.20. The molecule has 0 radical (unpaired) electrons. The molecule has 2 amide bonds. The van der Waals surface area contributed by atoms with Crippen molar-refractivity contribution in [3.05, 3.63) is 29.3 Å². The average Bonchev–Trinajstić information content (AvgIpc) is 2.73. The maximum absolute atomic E-state index is 12.4. The number of sulfonamides is 1. The van der Waals surface area contributed by atoms with Gasteiger partial charge in [0.25, 0.3) is 5.91 Å². The van der Waals surface area contributed by atoms with Crippen LogP contribution in [0.1, 0.15) is 0 Å². The van der Waals surface area contributed by atoms with E-state index in [1.54, 1.807) is 12.1 Å². The second kappa shape index (κ2) is 5.53. The molecule has 1 aromatic carbocycles. The number of carbonyl (C=O) groups excluding carboxylic acids is 2. The summed E-state index contributed by atoms with van der Waals surface area (Å²) in [7, 11) is -3.59. The number of hydrogen-bond donors (Lipinski definition) is 0. The van der Waals surface area contributed by atoms with Crippen LogP contribution in [0.3, 0.4) is 0 Å². The summed E-state index contributed by atoms with van der Waals surface area (Å²) in [5, 5.41) is 0.351. The van der Waals surface area contributed by atoms with Crippen LogP contribution in [0.5, 0.6) is 0 Å². The van der Waals surface area contributed by atoms with Gasteiger partial charge in [0.1, 0.15) is 0 Å². The largest absolute Gasteiger partial charge is 0.439 e. The molecule has 0 aromatic heterocycles. The number of imide groups is 1. The van der Waals surface area contributed by atoms with Crippen molar-refractivity contribution in [1.82, 2.24) is 9.21 Å². The molecule has 2 saturated heterocycles. The van der Waals surface area contributed by atoms with E-state index >= 15 is 0 Å². The fourth-order valence-electron chi connectivity index (χ4n) is 2.43. The summed E-state index contributed by atoms with van der Waals surface area (Å²) in [6.07, 6.45) is -0.666. The maximum Gasteiger partial charge on any atom is 0.417 e. The first-order valence-electron chi connectivity index (χ1n) is 6.61. The third kappa shape index (κ3) is 2.69. The molecule has 0 spiro atoms. The van der Waals surface area contributed by atoms with Gasteiger partial charge in [0.2, 0.25) is 10.0 Å². The molecular formula is C13H13ClN2O5S. The van der Waals surface area contributed by atoms with Crippen LogP contribution in [0.4, 0.5) is 4.79 Å². The van der Waals surface area contributed by atoms with Crippen molar-refractivity contribution < 1.29 is 22.7 Å². The molecule has 118 valence electrons. The number of hydrogen-bond acceptors (Lipinski definition) is 5. The summed E-state index contributed by atoms with van der Waals surface area (Å²) in [4.78, 5) is 23.9. The first-order valence-corrected chi connectivity index (χ1v) is 8.42. The van der Waals surface area contributed by atoms with Gasteiger partial charge in [-0.2, -0.15) is 4.31 Å². The maximum atomic E-state index is 12.4. The van der Waals surface area contributed by atoms with E-state index in [1.165, 1.54) is 16.4 Å². The minimum atomic E-state index is -3.59. The number of cyclic esters (lactones) is 1. The Balaban J connectivity index is 1.63. The van der Waals surface area contributed by atoms with E-state index in [0.29, 0.717) is 5.02 Å². The van der Waals surface area contributed by atoms with Crippen LogP contribution in [-0.2, 0) is 19.6 Å². The van der Waals surface area contributed by atoms with E-state index in [4.69, 9.17) is 11.6 Å². The molecule has 2 aliphatic rings. The van der Waals surface area contributed by atoms with Crippen LogP contribution in [0.2, 0.25) is 5.02 Å². The first-order chi connectivity index (χ1) is 10.4. The van der Waals surface area contributed by atoms with Crippen LogP contribution < -0.4 is 0 Å². The average molecular weight is 345 g/mol. The van der Waals surface area contributed by atoms with Gasteiger partial charge in [0.15, 0.2) is 6.61 Å². The fourth-order valence-corrected chi connectivity index (χ4v) is 4.32. The lowest BCUT2D eigenvalue weighted by molar-refractivity contribution is -0.126. The molecule has 9 heteroatoms. The zero-order valence-corrected chi connectivity index (χ0v) is 13.0. The lowest BCUT2D eigenvalue weighted by Gasteiger charge is -2.39. The number of nitrogens with zero attached hydrogens (tertiary/aromatic N) is 2. The molecule has 0 atom stereocenters. The number of ether oxygens (including phenoxy) is 1. The Morgan fingerprint density at radius 2 is 2.00 bits per heavy atom. The highest BCUT2D eigenvalue weighted by Crippen LogP contribution is 2.27. The van der Waals surface area contributed by atoms with E-state index in [9.17, 15) is 18.0 Å². The molecule has 0 unspecified atom stereocenters. The number of amides is 2. The molecule has 2 heterocycles. The van der Waals surface area contributed by atoms with Gasteiger partial charge in [0.05, 0.1) is 4.90 Å². The summed E-state index contributed by atoms with van der Waals surface area (Å²) >= 11 is 5.81. The number of carbonyl (C=O) groups is 2. The van der Waals surface area contributed by atoms with Gasteiger partial charge >= 0.3 is 6.09 Å². The lowest BCUT2D eigenvalue weighted by atomic mass is 10.0. The molecule has 2 fully saturated rings. The van der Waals surface area contributed by atoms with Gasteiger partial charge in [0, 0.05) is 30.6 Å². The van der Waals surface area contributed by atoms with Crippen LogP contribution in [0.15, 0.2) is 29.2 Å². The van der Waals surface area contributed by atoms with Crippen molar-refractivity contribution in [3.8, 4) is 0 Å². The Labute approximate surface area is 132 Å². The number of halogens is 1. The molecule has 7 nitrogen and oxygen atoms in total. The summed E-state index contributed by atoms with van der Waals surface area (Å²) < 4.78 is 30.7. The Hall–Kier alpha value is -1.64. The zero-order valence-electron chi connectivity index (χ0n) is 11.4.